The van der Waals surface area contributed by atoms with Crippen LogP contribution in [0.15, 0.2) is 47.3 Å². The van der Waals surface area contributed by atoms with Crippen molar-refractivity contribution in [2.24, 2.45) is 0 Å². The first-order chi connectivity index (χ1) is 12.0. The molecule has 0 atom stereocenters. The van der Waals surface area contributed by atoms with Crippen LogP contribution in [0, 0.1) is 6.92 Å². The van der Waals surface area contributed by atoms with Gasteiger partial charge in [0.15, 0.2) is 0 Å². The number of rotatable bonds is 3. The molecule has 25 heavy (non-hydrogen) atoms. The molecule has 0 radical (unpaired) electrons. The monoisotopic (exact) mass is 331 g/mol. The first kappa shape index (κ1) is 15.6. The number of aromatic amines is 2. The lowest BCUT2D eigenvalue weighted by molar-refractivity contribution is 0.867. The number of aryl methyl sites for hydroxylation is 1. The van der Waals surface area contributed by atoms with E-state index in [0.29, 0.717) is 23.5 Å². The number of benzene rings is 2. The maximum absolute atomic E-state index is 12.5. The summed E-state index contributed by atoms with van der Waals surface area (Å²) in [5.41, 5.74) is 5.23. The van der Waals surface area contributed by atoms with E-state index in [-0.39, 0.29) is 5.56 Å². The molecule has 4 aromatic rings. The van der Waals surface area contributed by atoms with Gasteiger partial charge in [0, 0.05) is 23.0 Å². The molecule has 2 N–H and O–H groups in total. The smallest absolute Gasteiger partial charge is 0.258 e. The van der Waals surface area contributed by atoms with Gasteiger partial charge in [-0.15, -0.1) is 0 Å². The zero-order chi connectivity index (χ0) is 17.6. The van der Waals surface area contributed by atoms with E-state index in [0.717, 1.165) is 22.3 Å². The van der Waals surface area contributed by atoms with Gasteiger partial charge in [-0.2, -0.15) is 0 Å². The summed E-state index contributed by atoms with van der Waals surface area (Å²) in [4.78, 5) is 23.6. The molecular formula is C21H21N3O. The van der Waals surface area contributed by atoms with Crippen molar-refractivity contribution >= 4 is 21.8 Å². The van der Waals surface area contributed by atoms with Crippen LogP contribution in [0.5, 0.6) is 0 Å². The number of fused-ring (bicyclic) bond motifs is 2. The third-order valence-electron chi connectivity index (χ3n) is 4.82. The van der Waals surface area contributed by atoms with E-state index in [1.807, 2.05) is 24.3 Å². The van der Waals surface area contributed by atoms with Crippen molar-refractivity contribution in [1.82, 2.24) is 15.0 Å². The Bertz CT molecular complexity index is 1140. The second-order valence-electron chi connectivity index (χ2n) is 6.89. The van der Waals surface area contributed by atoms with Crippen molar-refractivity contribution < 1.29 is 0 Å². The summed E-state index contributed by atoms with van der Waals surface area (Å²) in [6.07, 6.45) is 0.604. The van der Waals surface area contributed by atoms with E-state index in [9.17, 15) is 4.79 Å². The molecule has 2 heterocycles. The quantitative estimate of drug-likeness (QED) is 0.583. The Morgan fingerprint density at radius 2 is 1.84 bits per heavy atom. The molecule has 0 aliphatic heterocycles. The topological polar surface area (TPSA) is 61.5 Å². The van der Waals surface area contributed by atoms with Crippen molar-refractivity contribution in [3.63, 3.8) is 0 Å². The maximum atomic E-state index is 12.5. The molecule has 0 amide bonds. The summed E-state index contributed by atoms with van der Waals surface area (Å²) in [5.74, 6) is 1.08. The van der Waals surface area contributed by atoms with Crippen molar-refractivity contribution in [3.05, 3.63) is 75.5 Å². The molecule has 0 fully saturated rings. The van der Waals surface area contributed by atoms with Crippen LogP contribution in [-0.2, 0) is 6.42 Å². The van der Waals surface area contributed by atoms with Crippen LogP contribution in [0.2, 0.25) is 0 Å². The highest BCUT2D eigenvalue weighted by atomic mass is 16.1. The third-order valence-corrected chi connectivity index (χ3v) is 4.82. The number of nitrogens with zero attached hydrogens (tertiary/aromatic N) is 1. The van der Waals surface area contributed by atoms with E-state index in [4.69, 9.17) is 0 Å². The standard InChI is InChI=1S/C21H21N3O/c1-12(2)14-8-9-19-17(10-14)21(25)24-20(23-19)11-16-13(3)22-18-7-5-4-6-15(16)18/h4-10,12,22H,11H2,1-3H3,(H,23,24,25). The van der Waals surface area contributed by atoms with E-state index < -0.39 is 0 Å². The summed E-state index contributed by atoms with van der Waals surface area (Å²) in [5, 5.41) is 1.84. The molecule has 0 bridgehead atoms. The molecule has 2 aromatic carbocycles. The summed E-state index contributed by atoms with van der Waals surface area (Å²) in [6, 6.07) is 14.2. The van der Waals surface area contributed by atoms with Crippen molar-refractivity contribution in [2.75, 3.05) is 0 Å². The van der Waals surface area contributed by atoms with Gasteiger partial charge in [-0.05, 0) is 42.2 Å². The predicted molar refractivity (Wildman–Crippen MR) is 102 cm³/mol. The molecular weight excluding hydrogens is 310 g/mol. The van der Waals surface area contributed by atoms with Gasteiger partial charge in [-0.1, -0.05) is 38.1 Å². The van der Waals surface area contributed by atoms with Gasteiger partial charge < -0.3 is 9.97 Å². The van der Waals surface area contributed by atoms with Gasteiger partial charge >= 0.3 is 0 Å². The zero-order valence-corrected chi connectivity index (χ0v) is 14.7. The normalized spacial score (nSPS) is 11.7. The number of nitrogens with one attached hydrogen (secondary N) is 2. The summed E-state index contributed by atoms with van der Waals surface area (Å²) < 4.78 is 0. The fourth-order valence-electron chi connectivity index (χ4n) is 3.38. The Kier molecular flexibility index (Phi) is 3.68. The first-order valence-corrected chi connectivity index (χ1v) is 8.62. The fraction of sp³-hybridized carbons (Fsp3) is 0.238. The molecule has 0 aliphatic rings. The minimum atomic E-state index is -0.0694. The van der Waals surface area contributed by atoms with Crippen LogP contribution in [-0.4, -0.2) is 15.0 Å². The number of H-pyrrole nitrogens is 2. The molecule has 4 nitrogen and oxygen atoms in total. The summed E-state index contributed by atoms with van der Waals surface area (Å²) >= 11 is 0. The average molecular weight is 331 g/mol. The van der Waals surface area contributed by atoms with Gasteiger partial charge in [-0.3, -0.25) is 4.79 Å². The Labute approximate surface area is 145 Å². The highest BCUT2D eigenvalue weighted by molar-refractivity contribution is 5.85. The van der Waals surface area contributed by atoms with Crippen LogP contribution >= 0.6 is 0 Å². The number of aromatic nitrogens is 3. The van der Waals surface area contributed by atoms with Crippen LogP contribution in [0.1, 0.15) is 42.4 Å². The Morgan fingerprint density at radius 3 is 2.64 bits per heavy atom. The predicted octanol–water partition coefficient (Wildman–Crippen LogP) is 4.43. The maximum Gasteiger partial charge on any atom is 0.258 e. The zero-order valence-electron chi connectivity index (χ0n) is 14.7. The van der Waals surface area contributed by atoms with E-state index in [1.54, 1.807) is 0 Å². The molecule has 0 unspecified atom stereocenters. The fourth-order valence-corrected chi connectivity index (χ4v) is 3.38. The van der Waals surface area contributed by atoms with Crippen molar-refractivity contribution in [1.29, 1.82) is 0 Å². The molecule has 4 rings (SSSR count). The van der Waals surface area contributed by atoms with Gasteiger partial charge in [-0.25, -0.2) is 4.98 Å². The second-order valence-corrected chi connectivity index (χ2v) is 6.89. The molecule has 0 saturated heterocycles. The van der Waals surface area contributed by atoms with E-state index in [2.05, 4.69) is 53.9 Å². The first-order valence-electron chi connectivity index (χ1n) is 8.62. The number of hydrogen-bond acceptors (Lipinski definition) is 2. The average Bonchev–Trinajstić information content (AvgIpc) is 2.90. The Balaban J connectivity index is 1.81. The molecule has 0 saturated carbocycles. The summed E-state index contributed by atoms with van der Waals surface area (Å²) in [7, 11) is 0. The van der Waals surface area contributed by atoms with E-state index >= 15 is 0 Å². The number of hydrogen-bond donors (Lipinski definition) is 2. The van der Waals surface area contributed by atoms with Crippen LogP contribution in [0.3, 0.4) is 0 Å². The largest absolute Gasteiger partial charge is 0.358 e. The number of para-hydroxylation sites is 1. The van der Waals surface area contributed by atoms with Gasteiger partial charge in [0.25, 0.3) is 5.56 Å². The molecule has 2 aromatic heterocycles. The van der Waals surface area contributed by atoms with Gasteiger partial charge in [0.05, 0.1) is 10.9 Å². The minimum absolute atomic E-state index is 0.0694. The molecule has 126 valence electrons. The van der Waals surface area contributed by atoms with Gasteiger partial charge in [0.1, 0.15) is 5.82 Å². The lowest BCUT2D eigenvalue weighted by atomic mass is 10.0. The SMILES string of the molecule is Cc1[nH]c2ccccc2c1Cc1nc2ccc(C(C)C)cc2c(=O)[nH]1. The van der Waals surface area contributed by atoms with Crippen LogP contribution in [0.4, 0.5) is 0 Å². The summed E-state index contributed by atoms with van der Waals surface area (Å²) in [6.45, 7) is 6.30. The van der Waals surface area contributed by atoms with Gasteiger partial charge in [0.2, 0.25) is 0 Å². The Hall–Kier alpha value is -2.88. The van der Waals surface area contributed by atoms with E-state index in [1.165, 1.54) is 10.9 Å². The highest BCUT2D eigenvalue weighted by Gasteiger charge is 2.12. The van der Waals surface area contributed by atoms with Crippen LogP contribution in [0.25, 0.3) is 21.8 Å². The van der Waals surface area contributed by atoms with Crippen molar-refractivity contribution in [2.45, 2.75) is 33.1 Å². The van der Waals surface area contributed by atoms with Crippen molar-refractivity contribution in [3.8, 4) is 0 Å². The lowest BCUT2D eigenvalue weighted by Crippen LogP contribution is -2.13. The van der Waals surface area contributed by atoms with Crippen LogP contribution < -0.4 is 5.56 Å². The minimum Gasteiger partial charge on any atom is -0.358 e. The molecule has 0 spiro atoms. The third kappa shape index (κ3) is 2.74. The highest BCUT2D eigenvalue weighted by Crippen LogP contribution is 2.24. The lowest BCUT2D eigenvalue weighted by Gasteiger charge is -2.08. The molecule has 4 heteroatoms. The second kappa shape index (κ2) is 5.88. The Morgan fingerprint density at radius 1 is 1.04 bits per heavy atom. The molecule has 0 aliphatic carbocycles.